The Hall–Kier alpha value is -3.21. The molecule has 5 rings (SSSR count). The molecule has 1 saturated heterocycles. The molecule has 1 aliphatic heterocycles. The fourth-order valence-electron chi connectivity index (χ4n) is 4.32. The number of amides is 1. The first-order chi connectivity index (χ1) is 15.7. The number of benzene rings is 2. The fraction of sp³-hybridized carbons (Fsp3) is 0.280. The van der Waals surface area contributed by atoms with Crippen molar-refractivity contribution in [2.24, 2.45) is 5.92 Å². The van der Waals surface area contributed by atoms with E-state index < -0.39 is 5.54 Å². The summed E-state index contributed by atoms with van der Waals surface area (Å²) in [6.07, 6.45) is 4.18. The minimum absolute atomic E-state index is 0.0359. The molecule has 2 fully saturated rings. The molecule has 2 aromatic carbocycles. The fourth-order valence-corrected chi connectivity index (χ4v) is 5.06. The molecule has 0 atom stereocenters. The number of pyridine rings is 1. The Morgan fingerprint density at radius 3 is 2.52 bits per heavy atom. The largest absolute Gasteiger partial charge is 0.315 e. The third-order valence-electron chi connectivity index (χ3n) is 6.37. The Morgan fingerprint density at radius 2 is 1.85 bits per heavy atom. The lowest BCUT2D eigenvalue weighted by Crippen LogP contribution is -2.44. The van der Waals surface area contributed by atoms with Crippen LogP contribution in [0.3, 0.4) is 0 Å². The first-order valence-corrected chi connectivity index (χ1v) is 11.5. The predicted octanol–water partition coefficient (Wildman–Crippen LogP) is 4.85. The molecule has 0 unspecified atom stereocenters. The van der Waals surface area contributed by atoms with Crippen LogP contribution in [0.1, 0.15) is 32.3 Å². The highest BCUT2D eigenvalue weighted by molar-refractivity contribution is 7.81. The van der Waals surface area contributed by atoms with Crippen molar-refractivity contribution in [2.75, 3.05) is 9.80 Å². The van der Waals surface area contributed by atoms with Crippen molar-refractivity contribution in [3.63, 3.8) is 0 Å². The van der Waals surface area contributed by atoms with E-state index in [0.717, 1.165) is 24.8 Å². The molecular weight excluding hydrogens is 456 g/mol. The Bertz CT molecular complexity index is 1430. The Morgan fingerprint density at radius 1 is 1.12 bits per heavy atom. The van der Waals surface area contributed by atoms with Gasteiger partial charge in [0.2, 0.25) is 0 Å². The summed E-state index contributed by atoms with van der Waals surface area (Å²) in [5, 5.41) is 11.1. The number of carbonyl (C=O) groups is 1. The standard InChI is InChI=1S/C25H21ClN4O2S/c1-25(2)23(32)29(18-7-6-17(13-27)21(26)12-18)24(33)30(25)19-8-5-16-9-10-28(14-15-3-4-15)22(31)20(16)11-19/h5-12,15H,3-4,14H2,1-2H3. The molecule has 1 amide bonds. The molecule has 0 bridgehead atoms. The van der Waals surface area contributed by atoms with E-state index >= 15 is 0 Å². The van der Waals surface area contributed by atoms with Crippen LogP contribution < -0.4 is 15.4 Å². The number of nitrogens with zero attached hydrogens (tertiary/aromatic N) is 4. The van der Waals surface area contributed by atoms with E-state index in [1.165, 1.54) is 4.90 Å². The minimum atomic E-state index is -0.979. The average Bonchev–Trinajstić information content (AvgIpc) is 3.57. The van der Waals surface area contributed by atoms with Gasteiger partial charge in [0.05, 0.1) is 16.3 Å². The molecule has 6 nitrogen and oxygen atoms in total. The number of hydrogen-bond donors (Lipinski definition) is 0. The van der Waals surface area contributed by atoms with E-state index in [9.17, 15) is 9.59 Å². The number of nitriles is 1. The molecule has 0 N–H and O–H groups in total. The molecule has 166 valence electrons. The van der Waals surface area contributed by atoms with Gasteiger partial charge in [-0.1, -0.05) is 17.7 Å². The normalized spacial score (nSPS) is 17.6. The Labute approximate surface area is 201 Å². The molecule has 0 radical (unpaired) electrons. The van der Waals surface area contributed by atoms with Gasteiger partial charge in [0.25, 0.3) is 11.5 Å². The molecule has 3 aromatic rings. The highest BCUT2D eigenvalue weighted by atomic mass is 35.5. The third kappa shape index (κ3) is 3.50. The van der Waals surface area contributed by atoms with Gasteiger partial charge in [-0.25, -0.2) is 0 Å². The number of aromatic nitrogens is 1. The van der Waals surface area contributed by atoms with Crippen LogP contribution in [-0.4, -0.2) is 21.1 Å². The van der Waals surface area contributed by atoms with Gasteiger partial charge in [-0.05, 0) is 86.6 Å². The number of thiocarbonyl (C=S) groups is 1. The molecule has 0 spiro atoms. The highest BCUT2D eigenvalue weighted by Gasteiger charge is 2.50. The summed E-state index contributed by atoms with van der Waals surface area (Å²) in [5.74, 6) is 0.367. The van der Waals surface area contributed by atoms with Gasteiger partial charge < -0.3 is 9.47 Å². The summed E-state index contributed by atoms with van der Waals surface area (Å²) in [6, 6.07) is 14.4. The topological polar surface area (TPSA) is 69.3 Å². The summed E-state index contributed by atoms with van der Waals surface area (Å²) >= 11 is 12.0. The van der Waals surface area contributed by atoms with Crippen LogP contribution in [0.15, 0.2) is 53.5 Å². The van der Waals surface area contributed by atoms with Gasteiger partial charge in [0, 0.05) is 23.8 Å². The Kier molecular flexibility index (Phi) is 5.04. The van der Waals surface area contributed by atoms with Crippen molar-refractivity contribution in [2.45, 2.75) is 38.8 Å². The summed E-state index contributed by atoms with van der Waals surface area (Å²) in [4.78, 5) is 29.8. The van der Waals surface area contributed by atoms with Crippen LogP contribution in [0.4, 0.5) is 11.4 Å². The van der Waals surface area contributed by atoms with E-state index in [1.54, 1.807) is 41.5 Å². The van der Waals surface area contributed by atoms with Gasteiger partial charge in [0.15, 0.2) is 5.11 Å². The third-order valence-corrected chi connectivity index (χ3v) is 7.05. The minimum Gasteiger partial charge on any atom is -0.315 e. The summed E-state index contributed by atoms with van der Waals surface area (Å²) in [7, 11) is 0. The second kappa shape index (κ2) is 7.68. The van der Waals surface area contributed by atoms with Gasteiger partial charge in [-0.3, -0.25) is 14.5 Å². The maximum Gasteiger partial charge on any atom is 0.259 e. The van der Waals surface area contributed by atoms with Crippen molar-refractivity contribution in [1.29, 1.82) is 5.26 Å². The van der Waals surface area contributed by atoms with Crippen molar-refractivity contribution in [1.82, 2.24) is 4.57 Å². The number of anilines is 2. The van der Waals surface area contributed by atoms with Crippen LogP contribution in [0.5, 0.6) is 0 Å². The number of fused-ring (bicyclic) bond motifs is 1. The number of halogens is 1. The lowest BCUT2D eigenvalue weighted by molar-refractivity contribution is -0.120. The molecule has 1 aliphatic carbocycles. The summed E-state index contributed by atoms with van der Waals surface area (Å²) in [6.45, 7) is 4.33. The number of carbonyl (C=O) groups excluding carboxylic acids is 1. The first-order valence-electron chi connectivity index (χ1n) is 10.7. The zero-order chi connectivity index (χ0) is 23.5. The molecule has 2 aliphatic rings. The lowest BCUT2D eigenvalue weighted by atomic mass is 10.0. The molecule has 1 saturated carbocycles. The van der Waals surface area contributed by atoms with Crippen LogP contribution >= 0.6 is 23.8 Å². The van der Waals surface area contributed by atoms with Crippen molar-refractivity contribution >= 4 is 57.0 Å². The van der Waals surface area contributed by atoms with Crippen LogP contribution in [0, 0.1) is 17.2 Å². The smallest absolute Gasteiger partial charge is 0.259 e. The molecule has 1 aromatic heterocycles. The zero-order valence-corrected chi connectivity index (χ0v) is 19.8. The number of rotatable bonds is 4. The van der Waals surface area contributed by atoms with E-state index in [4.69, 9.17) is 29.1 Å². The van der Waals surface area contributed by atoms with Crippen molar-refractivity contribution in [3.05, 3.63) is 69.6 Å². The maximum atomic E-state index is 13.4. The SMILES string of the molecule is CC1(C)C(=O)N(c2ccc(C#N)c(Cl)c2)C(=S)N1c1ccc2ccn(CC3CC3)c(=O)c2c1. The van der Waals surface area contributed by atoms with Crippen molar-refractivity contribution < 1.29 is 4.79 Å². The molecular formula is C25H21ClN4O2S. The zero-order valence-electron chi connectivity index (χ0n) is 18.2. The lowest BCUT2D eigenvalue weighted by Gasteiger charge is -2.29. The van der Waals surface area contributed by atoms with E-state index in [2.05, 4.69) is 0 Å². The average molecular weight is 477 g/mol. The highest BCUT2D eigenvalue weighted by Crippen LogP contribution is 2.38. The van der Waals surface area contributed by atoms with Crippen LogP contribution in [-0.2, 0) is 11.3 Å². The van der Waals surface area contributed by atoms with Crippen molar-refractivity contribution in [3.8, 4) is 6.07 Å². The summed E-state index contributed by atoms with van der Waals surface area (Å²) < 4.78 is 1.77. The molecule has 33 heavy (non-hydrogen) atoms. The van der Waals surface area contributed by atoms with Crippen LogP contribution in [0.2, 0.25) is 5.02 Å². The molecule has 2 heterocycles. The van der Waals surface area contributed by atoms with E-state index in [-0.39, 0.29) is 16.5 Å². The Balaban J connectivity index is 1.58. The second-order valence-corrected chi connectivity index (χ2v) is 9.85. The molecule has 8 heteroatoms. The monoisotopic (exact) mass is 476 g/mol. The van der Waals surface area contributed by atoms with Gasteiger partial charge in [-0.15, -0.1) is 0 Å². The van der Waals surface area contributed by atoms with E-state index in [1.807, 2.05) is 36.5 Å². The van der Waals surface area contributed by atoms with Gasteiger partial charge in [-0.2, -0.15) is 5.26 Å². The van der Waals surface area contributed by atoms with Gasteiger partial charge in [0.1, 0.15) is 11.6 Å². The summed E-state index contributed by atoms with van der Waals surface area (Å²) in [5.41, 5.74) is 0.483. The first kappa shape index (κ1) is 21.6. The maximum absolute atomic E-state index is 13.4. The quantitative estimate of drug-likeness (QED) is 0.503. The number of hydrogen-bond acceptors (Lipinski definition) is 4. The van der Waals surface area contributed by atoms with Crippen LogP contribution in [0.25, 0.3) is 10.8 Å². The second-order valence-electron chi connectivity index (χ2n) is 9.08. The van der Waals surface area contributed by atoms with E-state index in [0.29, 0.717) is 33.4 Å². The van der Waals surface area contributed by atoms with Gasteiger partial charge >= 0.3 is 0 Å². The predicted molar refractivity (Wildman–Crippen MR) is 134 cm³/mol.